The summed E-state index contributed by atoms with van der Waals surface area (Å²) >= 11 is 1.30. The fraction of sp³-hybridized carbons (Fsp3) is 0.222. The third kappa shape index (κ3) is 2.21. The monoisotopic (exact) mass is 257 g/mol. The van der Waals surface area contributed by atoms with Gasteiger partial charge in [0.25, 0.3) is 10.0 Å². The molecule has 0 saturated carbocycles. The van der Waals surface area contributed by atoms with Gasteiger partial charge in [-0.3, -0.25) is 0 Å². The molecule has 0 saturated heterocycles. The lowest BCUT2D eigenvalue weighted by molar-refractivity contribution is 0.598. The van der Waals surface area contributed by atoms with Crippen LogP contribution in [0.2, 0.25) is 0 Å². The van der Waals surface area contributed by atoms with Gasteiger partial charge in [0.1, 0.15) is 4.90 Å². The van der Waals surface area contributed by atoms with E-state index >= 15 is 0 Å². The predicted octanol–water partition coefficient (Wildman–Crippen LogP) is 0.849. The van der Waals surface area contributed by atoms with Crippen molar-refractivity contribution in [2.24, 2.45) is 10.1 Å². The van der Waals surface area contributed by atoms with Gasteiger partial charge >= 0.3 is 0 Å². The molecule has 2 rings (SSSR count). The molecule has 3 N–H and O–H groups in total. The van der Waals surface area contributed by atoms with Crippen LogP contribution in [0.4, 0.5) is 5.69 Å². The van der Waals surface area contributed by atoms with Gasteiger partial charge in [-0.25, -0.2) is 0 Å². The molecule has 1 aliphatic heterocycles. The quantitative estimate of drug-likeness (QED) is 0.820. The number of rotatable bonds is 2. The van der Waals surface area contributed by atoms with Crippen molar-refractivity contribution in [3.8, 4) is 0 Å². The Bertz CT molecular complexity index is 525. The van der Waals surface area contributed by atoms with Crippen LogP contribution in [-0.4, -0.2) is 25.9 Å². The summed E-state index contributed by atoms with van der Waals surface area (Å²) in [6.45, 7) is 0.479. The zero-order valence-electron chi connectivity index (χ0n) is 8.38. The highest BCUT2D eigenvalue weighted by molar-refractivity contribution is 8.14. The molecule has 1 aliphatic rings. The van der Waals surface area contributed by atoms with Crippen molar-refractivity contribution >= 4 is 32.6 Å². The van der Waals surface area contributed by atoms with Crippen LogP contribution < -0.4 is 11.1 Å². The second kappa shape index (κ2) is 4.44. The minimum atomic E-state index is -3.56. The number of nitrogens with one attached hydrogen (secondary N) is 1. The molecule has 0 aromatic heterocycles. The Morgan fingerprint density at radius 2 is 2.12 bits per heavy atom. The number of hydrogen-bond donors (Lipinski definition) is 2. The van der Waals surface area contributed by atoms with Crippen molar-refractivity contribution < 1.29 is 8.42 Å². The third-order valence-corrected chi connectivity index (χ3v) is 4.32. The fourth-order valence-corrected chi connectivity index (χ4v) is 3.32. The van der Waals surface area contributed by atoms with E-state index in [1.807, 2.05) is 0 Å². The maximum absolute atomic E-state index is 11.8. The van der Waals surface area contributed by atoms with Crippen molar-refractivity contribution in [1.29, 1.82) is 0 Å². The first-order chi connectivity index (χ1) is 7.63. The molecule has 0 atom stereocenters. The summed E-state index contributed by atoms with van der Waals surface area (Å²) in [6.07, 6.45) is 0. The average molecular weight is 257 g/mol. The highest BCUT2D eigenvalue weighted by atomic mass is 32.2. The largest absolute Gasteiger partial charge is 0.333 e. The zero-order chi connectivity index (χ0) is 11.6. The van der Waals surface area contributed by atoms with E-state index in [9.17, 15) is 8.42 Å². The molecular formula is C9H11N3O2S2. The van der Waals surface area contributed by atoms with Crippen LogP contribution in [-0.2, 0) is 10.0 Å². The van der Waals surface area contributed by atoms with Crippen molar-refractivity contribution in [3.05, 3.63) is 24.3 Å². The molecule has 0 spiro atoms. The molecule has 0 aliphatic carbocycles. The summed E-state index contributed by atoms with van der Waals surface area (Å²) in [7, 11) is -3.56. The SMILES string of the molecule is NCCSC1=NS(=O)(=O)c2ccccc2N1. The first kappa shape index (κ1) is 11.4. The summed E-state index contributed by atoms with van der Waals surface area (Å²) in [4.78, 5) is 0.215. The lowest BCUT2D eigenvalue weighted by Gasteiger charge is -2.16. The maximum atomic E-state index is 11.8. The molecule has 0 unspecified atom stereocenters. The second-order valence-corrected chi connectivity index (χ2v) is 5.79. The Hall–Kier alpha value is -1.05. The highest BCUT2D eigenvalue weighted by Crippen LogP contribution is 2.28. The van der Waals surface area contributed by atoms with Gasteiger partial charge in [0.05, 0.1) is 5.69 Å². The smallest absolute Gasteiger partial charge is 0.286 e. The third-order valence-electron chi connectivity index (χ3n) is 1.97. The fourth-order valence-electron chi connectivity index (χ4n) is 1.31. The lowest BCUT2D eigenvalue weighted by atomic mass is 10.3. The Morgan fingerprint density at radius 1 is 1.38 bits per heavy atom. The van der Waals surface area contributed by atoms with Crippen LogP contribution in [0.25, 0.3) is 0 Å². The van der Waals surface area contributed by atoms with E-state index in [-0.39, 0.29) is 4.90 Å². The average Bonchev–Trinajstić information content (AvgIpc) is 2.25. The van der Waals surface area contributed by atoms with Gasteiger partial charge in [-0.2, -0.15) is 8.42 Å². The van der Waals surface area contributed by atoms with Gasteiger partial charge in [0.2, 0.25) is 0 Å². The molecule has 0 radical (unpaired) electrons. The second-order valence-electron chi connectivity index (χ2n) is 3.13. The molecule has 16 heavy (non-hydrogen) atoms. The van der Waals surface area contributed by atoms with Crippen molar-refractivity contribution in [2.75, 3.05) is 17.6 Å². The molecule has 0 bridgehead atoms. The highest BCUT2D eigenvalue weighted by Gasteiger charge is 2.24. The van der Waals surface area contributed by atoms with E-state index in [0.29, 0.717) is 23.2 Å². The number of hydrogen-bond acceptors (Lipinski definition) is 5. The number of anilines is 1. The van der Waals surface area contributed by atoms with Crippen LogP contribution in [0, 0.1) is 0 Å². The Morgan fingerprint density at radius 3 is 2.88 bits per heavy atom. The number of fused-ring (bicyclic) bond motifs is 1. The molecule has 7 heteroatoms. The topological polar surface area (TPSA) is 84.5 Å². The zero-order valence-corrected chi connectivity index (χ0v) is 10.0. The van der Waals surface area contributed by atoms with Gasteiger partial charge in [-0.05, 0) is 12.1 Å². The van der Waals surface area contributed by atoms with E-state index in [1.54, 1.807) is 18.2 Å². The first-order valence-corrected chi connectivity index (χ1v) is 7.10. The van der Waals surface area contributed by atoms with Crippen LogP contribution in [0.1, 0.15) is 0 Å². The number of amidine groups is 1. The van der Waals surface area contributed by atoms with Gasteiger partial charge in [0, 0.05) is 12.3 Å². The van der Waals surface area contributed by atoms with E-state index in [1.165, 1.54) is 17.8 Å². The van der Waals surface area contributed by atoms with Crippen LogP contribution in [0.3, 0.4) is 0 Å². The summed E-state index contributed by atoms with van der Waals surface area (Å²) < 4.78 is 27.2. The molecule has 5 nitrogen and oxygen atoms in total. The van der Waals surface area contributed by atoms with E-state index in [2.05, 4.69) is 9.71 Å². The Labute approximate surface area is 98.2 Å². The Kier molecular flexibility index (Phi) is 3.17. The van der Waals surface area contributed by atoms with Gasteiger partial charge in [-0.1, -0.05) is 23.9 Å². The molecule has 1 aromatic carbocycles. The molecule has 0 fully saturated rings. The van der Waals surface area contributed by atoms with Gasteiger partial charge in [-0.15, -0.1) is 4.40 Å². The molecule has 86 valence electrons. The maximum Gasteiger partial charge on any atom is 0.286 e. The van der Waals surface area contributed by atoms with Crippen molar-refractivity contribution in [3.63, 3.8) is 0 Å². The van der Waals surface area contributed by atoms with E-state index in [4.69, 9.17) is 5.73 Å². The number of nitrogens with zero attached hydrogens (tertiary/aromatic N) is 1. The number of para-hydroxylation sites is 1. The number of thioether (sulfide) groups is 1. The number of nitrogens with two attached hydrogens (primary N) is 1. The van der Waals surface area contributed by atoms with Crippen molar-refractivity contribution in [1.82, 2.24) is 0 Å². The Balaban J connectivity index is 2.36. The summed E-state index contributed by atoms with van der Waals surface area (Å²) in [5.41, 5.74) is 5.92. The normalized spacial score (nSPS) is 17.2. The number of sulfonamides is 1. The minimum absolute atomic E-state index is 0.215. The predicted molar refractivity (Wildman–Crippen MR) is 66.2 cm³/mol. The van der Waals surface area contributed by atoms with Crippen LogP contribution in [0.15, 0.2) is 33.6 Å². The number of benzene rings is 1. The van der Waals surface area contributed by atoms with Gasteiger partial charge in [0.15, 0.2) is 5.17 Å². The van der Waals surface area contributed by atoms with Crippen molar-refractivity contribution in [2.45, 2.75) is 4.90 Å². The molecular weight excluding hydrogens is 246 g/mol. The molecule has 1 heterocycles. The van der Waals surface area contributed by atoms with E-state index < -0.39 is 10.0 Å². The molecule has 0 amide bonds. The van der Waals surface area contributed by atoms with E-state index in [0.717, 1.165) is 0 Å². The molecule has 1 aromatic rings. The van der Waals surface area contributed by atoms with Crippen LogP contribution in [0.5, 0.6) is 0 Å². The van der Waals surface area contributed by atoms with Crippen LogP contribution >= 0.6 is 11.8 Å². The van der Waals surface area contributed by atoms with Gasteiger partial charge < -0.3 is 11.1 Å². The summed E-state index contributed by atoms with van der Waals surface area (Å²) in [6, 6.07) is 6.69. The summed E-state index contributed by atoms with van der Waals surface area (Å²) in [5.74, 6) is 0.628. The first-order valence-electron chi connectivity index (χ1n) is 4.67. The minimum Gasteiger partial charge on any atom is -0.333 e. The standard InChI is InChI=1S/C9H11N3O2S2/c10-5-6-15-9-11-7-3-1-2-4-8(7)16(13,14)12-9/h1-4H,5-6,10H2,(H,11,12). The lowest BCUT2D eigenvalue weighted by Crippen LogP contribution is -2.20. The summed E-state index contributed by atoms with van der Waals surface area (Å²) in [5, 5.41) is 3.34.